The number of aryl methyl sites for hydroxylation is 2. The standard InChI is InChI=1S/C14H18N2O2/c1-10-7-11(2)12(13(8-10)18-3)9-16-14(17)5-4-6-15/h7-8H,4-5,9H2,1-3H3,(H,16,17). The maximum Gasteiger partial charge on any atom is 0.221 e. The Hall–Kier alpha value is -2.02. The molecule has 0 unspecified atom stereocenters. The van der Waals surface area contributed by atoms with Crippen LogP contribution < -0.4 is 10.1 Å². The zero-order valence-electron chi connectivity index (χ0n) is 11.0. The van der Waals surface area contributed by atoms with E-state index < -0.39 is 0 Å². The molecule has 1 N–H and O–H groups in total. The molecule has 96 valence electrons. The highest BCUT2D eigenvalue weighted by molar-refractivity contribution is 5.76. The number of nitrogens with one attached hydrogen (secondary N) is 1. The summed E-state index contributed by atoms with van der Waals surface area (Å²) in [6.45, 7) is 4.43. The van der Waals surface area contributed by atoms with Crippen LogP contribution >= 0.6 is 0 Å². The number of amides is 1. The summed E-state index contributed by atoms with van der Waals surface area (Å²) < 4.78 is 5.32. The Bertz CT molecular complexity index is 475. The summed E-state index contributed by atoms with van der Waals surface area (Å²) in [5.74, 6) is 0.673. The third kappa shape index (κ3) is 3.77. The van der Waals surface area contributed by atoms with Crippen molar-refractivity contribution in [1.82, 2.24) is 5.32 Å². The van der Waals surface area contributed by atoms with Gasteiger partial charge in [-0.2, -0.15) is 5.26 Å². The molecule has 1 aromatic carbocycles. The van der Waals surface area contributed by atoms with Crippen LogP contribution in [-0.4, -0.2) is 13.0 Å². The molecule has 0 heterocycles. The summed E-state index contributed by atoms with van der Waals surface area (Å²) >= 11 is 0. The minimum atomic E-state index is -0.112. The van der Waals surface area contributed by atoms with Gasteiger partial charge in [0.25, 0.3) is 0 Å². The smallest absolute Gasteiger partial charge is 0.221 e. The summed E-state index contributed by atoms with van der Waals surface area (Å²) in [6, 6.07) is 5.96. The minimum absolute atomic E-state index is 0.112. The van der Waals surface area contributed by atoms with Gasteiger partial charge in [-0.15, -0.1) is 0 Å². The summed E-state index contributed by atoms with van der Waals surface area (Å²) in [4.78, 5) is 11.5. The molecule has 4 heteroatoms. The Balaban J connectivity index is 2.73. The summed E-state index contributed by atoms with van der Waals surface area (Å²) in [5, 5.41) is 11.2. The summed E-state index contributed by atoms with van der Waals surface area (Å²) in [5.41, 5.74) is 3.20. The predicted octanol–water partition coefficient (Wildman–Crippen LogP) is 2.23. The fourth-order valence-electron chi connectivity index (χ4n) is 1.81. The molecule has 0 aliphatic heterocycles. The molecule has 1 rings (SSSR count). The van der Waals surface area contributed by atoms with E-state index in [-0.39, 0.29) is 18.7 Å². The molecule has 0 atom stereocenters. The van der Waals surface area contributed by atoms with Crippen LogP contribution in [0.5, 0.6) is 5.75 Å². The zero-order chi connectivity index (χ0) is 13.5. The Morgan fingerprint density at radius 2 is 2.17 bits per heavy atom. The normalized spacial score (nSPS) is 9.67. The van der Waals surface area contributed by atoms with E-state index in [4.69, 9.17) is 10.00 Å². The monoisotopic (exact) mass is 246 g/mol. The van der Waals surface area contributed by atoms with Gasteiger partial charge in [0.15, 0.2) is 0 Å². The summed E-state index contributed by atoms with van der Waals surface area (Å²) in [6.07, 6.45) is 0.486. The molecule has 0 aliphatic carbocycles. The maximum atomic E-state index is 11.5. The molecule has 18 heavy (non-hydrogen) atoms. The number of hydrogen-bond donors (Lipinski definition) is 1. The van der Waals surface area contributed by atoms with Crippen LogP contribution in [0.1, 0.15) is 29.5 Å². The number of nitrogens with zero attached hydrogens (tertiary/aromatic N) is 1. The van der Waals surface area contributed by atoms with E-state index >= 15 is 0 Å². The van der Waals surface area contributed by atoms with Crippen LogP contribution in [0.3, 0.4) is 0 Å². The quantitative estimate of drug-likeness (QED) is 0.866. The van der Waals surface area contributed by atoms with Crippen molar-refractivity contribution in [2.24, 2.45) is 0 Å². The average molecular weight is 246 g/mol. The number of ether oxygens (including phenoxy) is 1. The van der Waals surface area contributed by atoms with E-state index in [1.165, 1.54) is 0 Å². The zero-order valence-corrected chi connectivity index (χ0v) is 11.0. The van der Waals surface area contributed by atoms with Crippen LogP contribution in [-0.2, 0) is 11.3 Å². The predicted molar refractivity (Wildman–Crippen MR) is 69.2 cm³/mol. The van der Waals surface area contributed by atoms with Gasteiger partial charge >= 0.3 is 0 Å². The number of rotatable bonds is 5. The Morgan fingerprint density at radius 3 is 2.78 bits per heavy atom. The highest BCUT2D eigenvalue weighted by Crippen LogP contribution is 2.23. The largest absolute Gasteiger partial charge is 0.496 e. The number of hydrogen-bond acceptors (Lipinski definition) is 3. The Kier molecular flexibility index (Phi) is 5.19. The molecule has 1 aromatic rings. The van der Waals surface area contributed by atoms with Gasteiger partial charge in [0, 0.05) is 24.9 Å². The number of methoxy groups -OCH3 is 1. The van der Waals surface area contributed by atoms with Crippen LogP contribution in [0, 0.1) is 25.2 Å². The first-order valence-electron chi connectivity index (χ1n) is 5.86. The molecule has 0 fully saturated rings. The van der Waals surface area contributed by atoms with E-state index in [0.717, 1.165) is 22.4 Å². The lowest BCUT2D eigenvalue weighted by Crippen LogP contribution is -2.23. The molecule has 1 amide bonds. The second kappa shape index (κ2) is 6.65. The molecule has 0 saturated carbocycles. The number of carbonyl (C=O) groups excluding carboxylic acids is 1. The molecular weight excluding hydrogens is 228 g/mol. The number of nitriles is 1. The van der Waals surface area contributed by atoms with Gasteiger partial charge in [0.05, 0.1) is 13.2 Å². The lowest BCUT2D eigenvalue weighted by atomic mass is 10.0. The molecule has 0 aliphatic rings. The molecular formula is C14H18N2O2. The third-order valence-electron chi connectivity index (χ3n) is 2.72. The van der Waals surface area contributed by atoms with E-state index in [1.54, 1.807) is 7.11 Å². The van der Waals surface area contributed by atoms with Crippen molar-refractivity contribution in [2.45, 2.75) is 33.2 Å². The van der Waals surface area contributed by atoms with Gasteiger partial charge in [-0.1, -0.05) is 6.07 Å². The number of carbonyl (C=O) groups is 1. The molecule has 0 radical (unpaired) electrons. The third-order valence-corrected chi connectivity index (χ3v) is 2.72. The molecule has 0 spiro atoms. The van der Waals surface area contributed by atoms with E-state index in [1.807, 2.05) is 26.0 Å². The van der Waals surface area contributed by atoms with Crippen LogP contribution in [0.4, 0.5) is 0 Å². The molecule has 0 aromatic heterocycles. The van der Waals surface area contributed by atoms with Crippen LogP contribution in [0.15, 0.2) is 12.1 Å². The first kappa shape index (κ1) is 14.0. The fraction of sp³-hybridized carbons (Fsp3) is 0.429. The SMILES string of the molecule is COc1cc(C)cc(C)c1CNC(=O)CCC#N. The first-order valence-corrected chi connectivity index (χ1v) is 5.86. The topological polar surface area (TPSA) is 62.1 Å². The lowest BCUT2D eigenvalue weighted by molar-refractivity contribution is -0.121. The van der Waals surface area contributed by atoms with Gasteiger partial charge < -0.3 is 10.1 Å². The van der Waals surface area contributed by atoms with Crippen molar-refractivity contribution in [3.05, 3.63) is 28.8 Å². The average Bonchev–Trinajstić information content (AvgIpc) is 2.34. The van der Waals surface area contributed by atoms with Crippen molar-refractivity contribution < 1.29 is 9.53 Å². The Morgan fingerprint density at radius 1 is 1.44 bits per heavy atom. The van der Waals surface area contributed by atoms with E-state index in [0.29, 0.717) is 6.54 Å². The van der Waals surface area contributed by atoms with Crippen LogP contribution in [0.25, 0.3) is 0 Å². The number of benzene rings is 1. The van der Waals surface area contributed by atoms with Gasteiger partial charge in [-0.3, -0.25) is 4.79 Å². The van der Waals surface area contributed by atoms with Crippen LogP contribution in [0.2, 0.25) is 0 Å². The van der Waals surface area contributed by atoms with Crippen molar-refractivity contribution in [2.75, 3.05) is 7.11 Å². The van der Waals surface area contributed by atoms with Gasteiger partial charge in [0.2, 0.25) is 5.91 Å². The first-order chi connectivity index (χ1) is 8.58. The fourth-order valence-corrected chi connectivity index (χ4v) is 1.81. The van der Waals surface area contributed by atoms with Crippen molar-refractivity contribution >= 4 is 5.91 Å². The molecule has 0 saturated heterocycles. The second-order valence-electron chi connectivity index (χ2n) is 4.20. The van der Waals surface area contributed by atoms with Crippen molar-refractivity contribution in [3.63, 3.8) is 0 Å². The van der Waals surface area contributed by atoms with Gasteiger partial charge in [-0.25, -0.2) is 0 Å². The summed E-state index contributed by atoms with van der Waals surface area (Å²) in [7, 11) is 1.62. The van der Waals surface area contributed by atoms with Crippen molar-refractivity contribution in [1.29, 1.82) is 5.26 Å². The second-order valence-corrected chi connectivity index (χ2v) is 4.20. The highest BCUT2D eigenvalue weighted by atomic mass is 16.5. The van der Waals surface area contributed by atoms with Gasteiger partial charge in [-0.05, 0) is 31.0 Å². The molecule has 4 nitrogen and oxygen atoms in total. The minimum Gasteiger partial charge on any atom is -0.496 e. The highest BCUT2D eigenvalue weighted by Gasteiger charge is 2.09. The van der Waals surface area contributed by atoms with Gasteiger partial charge in [0.1, 0.15) is 5.75 Å². The Labute approximate surface area is 108 Å². The lowest BCUT2D eigenvalue weighted by Gasteiger charge is -2.13. The molecule has 0 bridgehead atoms. The maximum absolute atomic E-state index is 11.5. The van der Waals surface area contributed by atoms with E-state index in [9.17, 15) is 4.79 Å². The van der Waals surface area contributed by atoms with Crippen molar-refractivity contribution in [3.8, 4) is 11.8 Å². The van der Waals surface area contributed by atoms with E-state index in [2.05, 4.69) is 11.4 Å².